The Kier molecular flexibility index (Phi) is 6.20. The molecule has 1 aliphatic heterocycles. The van der Waals surface area contributed by atoms with Gasteiger partial charge in [-0.25, -0.2) is 4.79 Å². The van der Waals surface area contributed by atoms with Crippen LogP contribution in [0.1, 0.15) is 34.3 Å². The Morgan fingerprint density at radius 1 is 0.762 bits per heavy atom. The van der Waals surface area contributed by atoms with E-state index < -0.39 is 11.9 Å². The maximum atomic E-state index is 14.2. The number of hydrogen-bond acceptors (Lipinski definition) is 4. The summed E-state index contributed by atoms with van der Waals surface area (Å²) in [5.41, 5.74) is 9.59. The minimum absolute atomic E-state index is 0.0836. The molecule has 2 aliphatic rings. The number of carbonyl (C=O) groups is 2. The molecule has 4 aromatic carbocycles. The molecule has 0 radical (unpaired) electrons. The Morgan fingerprint density at radius 2 is 1.33 bits per heavy atom. The summed E-state index contributed by atoms with van der Waals surface area (Å²) in [5, 5.41) is 3.40. The summed E-state index contributed by atoms with van der Waals surface area (Å²) >= 11 is 0. The van der Waals surface area contributed by atoms with E-state index in [1.54, 1.807) is 0 Å². The number of esters is 1. The summed E-state index contributed by atoms with van der Waals surface area (Å²) in [5.74, 6) is -1.20. The quantitative estimate of drug-likeness (QED) is 0.230. The van der Waals surface area contributed by atoms with Crippen molar-refractivity contribution in [2.45, 2.75) is 12.8 Å². The van der Waals surface area contributed by atoms with Gasteiger partial charge in [-0.05, 0) is 41.8 Å². The van der Waals surface area contributed by atoms with Gasteiger partial charge in [0, 0.05) is 28.1 Å². The van der Waals surface area contributed by atoms with Crippen molar-refractivity contribution in [1.29, 1.82) is 0 Å². The number of methoxy groups -OCH3 is 1. The molecule has 42 heavy (non-hydrogen) atoms. The van der Waals surface area contributed by atoms with Gasteiger partial charge in [0.05, 0.1) is 35.7 Å². The number of fused-ring (bicyclic) bond motifs is 2. The van der Waals surface area contributed by atoms with Crippen molar-refractivity contribution in [2.75, 3.05) is 7.11 Å². The molecule has 1 aliphatic carbocycles. The fraction of sp³-hybridized carbons (Fsp3) is 0.0811. The Morgan fingerprint density at radius 3 is 1.98 bits per heavy atom. The van der Waals surface area contributed by atoms with Crippen LogP contribution in [0.3, 0.4) is 0 Å². The van der Waals surface area contributed by atoms with Crippen molar-refractivity contribution in [3.05, 3.63) is 155 Å². The fourth-order valence-corrected chi connectivity index (χ4v) is 6.33. The summed E-state index contributed by atoms with van der Waals surface area (Å²) in [4.78, 5) is 27.7. The summed E-state index contributed by atoms with van der Waals surface area (Å²) in [6, 6.07) is 40.3. The zero-order valence-electron chi connectivity index (χ0n) is 23.3. The van der Waals surface area contributed by atoms with Crippen LogP contribution < -0.4 is 5.32 Å². The number of Topliss-reactive ketones (excluding diaryl/α,β-unsaturated/α-hetero) is 1. The normalized spacial score (nSPS) is 15.8. The topological polar surface area (TPSA) is 60.3 Å². The molecule has 5 heteroatoms. The number of hydrogen-bond donors (Lipinski definition) is 1. The second kappa shape index (κ2) is 10.2. The third-order valence-corrected chi connectivity index (χ3v) is 8.13. The first-order chi connectivity index (χ1) is 20.6. The average Bonchev–Trinajstić information content (AvgIpc) is 3.57. The number of rotatable bonds is 5. The van der Waals surface area contributed by atoms with E-state index in [9.17, 15) is 9.59 Å². The number of allylic oxidation sites excluding steroid dienone is 2. The highest BCUT2D eigenvalue weighted by atomic mass is 16.5. The van der Waals surface area contributed by atoms with Gasteiger partial charge in [0.15, 0.2) is 5.78 Å². The maximum Gasteiger partial charge on any atom is 0.336 e. The molecule has 1 N–H and O–H groups in total. The number of benzene rings is 4. The summed E-state index contributed by atoms with van der Waals surface area (Å²) in [6.07, 6.45) is 0. The van der Waals surface area contributed by atoms with E-state index in [1.807, 2.05) is 85.8 Å². The first-order valence-corrected chi connectivity index (χ1v) is 13.9. The van der Waals surface area contributed by atoms with Crippen LogP contribution in [0, 0.1) is 0 Å². The van der Waals surface area contributed by atoms with Gasteiger partial charge in [0.2, 0.25) is 0 Å². The van der Waals surface area contributed by atoms with Gasteiger partial charge in [-0.3, -0.25) is 4.79 Å². The molecular formula is C37H28N2O3. The van der Waals surface area contributed by atoms with Gasteiger partial charge in [0.25, 0.3) is 0 Å². The van der Waals surface area contributed by atoms with Gasteiger partial charge in [-0.2, -0.15) is 0 Å². The number of carbonyl (C=O) groups excluding carboxylic acids is 2. The predicted molar refractivity (Wildman–Crippen MR) is 165 cm³/mol. The number of para-hydroxylation sites is 1. The molecule has 2 heterocycles. The van der Waals surface area contributed by atoms with Crippen LogP contribution in [0.25, 0.3) is 33.9 Å². The zero-order valence-corrected chi connectivity index (χ0v) is 23.3. The third kappa shape index (κ3) is 3.93. The van der Waals surface area contributed by atoms with Crippen molar-refractivity contribution in [2.24, 2.45) is 0 Å². The largest absolute Gasteiger partial charge is 0.466 e. The number of dihydropyridines is 1. The van der Waals surface area contributed by atoms with Crippen LogP contribution in [-0.4, -0.2) is 23.4 Å². The van der Waals surface area contributed by atoms with E-state index in [4.69, 9.17) is 4.74 Å². The molecule has 5 aromatic rings. The molecule has 5 nitrogen and oxygen atoms in total. The molecule has 0 bridgehead atoms. The molecule has 1 atom stereocenters. The molecule has 0 fully saturated rings. The minimum Gasteiger partial charge on any atom is -0.466 e. The number of ether oxygens (including phenoxy) is 1. The van der Waals surface area contributed by atoms with Gasteiger partial charge < -0.3 is 14.6 Å². The molecule has 0 saturated heterocycles. The number of nitrogens with one attached hydrogen (secondary N) is 1. The standard InChI is InChI=1S/C37H28N2O3/c1-23-31(37(41)42-2)32(33-34(38-23)27-20-12-13-21-28(27)36(33)40)29-22-30(24-14-6-3-7-15-24)39(26-18-10-5-11-19-26)35(29)25-16-8-4-9-17-25/h3-22,32,38H,1-2H3/t32-/m1/s1. The lowest BCUT2D eigenvalue weighted by atomic mass is 9.79. The van der Waals surface area contributed by atoms with Crippen molar-refractivity contribution in [1.82, 2.24) is 9.88 Å². The van der Waals surface area contributed by atoms with Crippen LogP contribution in [-0.2, 0) is 9.53 Å². The van der Waals surface area contributed by atoms with E-state index in [2.05, 4.69) is 52.3 Å². The molecule has 0 amide bonds. The van der Waals surface area contributed by atoms with Crippen LogP contribution in [0.15, 0.2) is 138 Å². The van der Waals surface area contributed by atoms with Crippen molar-refractivity contribution < 1.29 is 14.3 Å². The van der Waals surface area contributed by atoms with E-state index in [1.165, 1.54) is 7.11 Å². The number of aromatic nitrogens is 1. The number of ketones is 1. The van der Waals surface area contributed by atoms with Crippen LogP contribution >= 0.6 is 0 Å². The van der Waals surface area contributed by atoms with Crippen molar-refractivity contribution >= 4 is 17.4 Å². The highest BCUT2D eigenvalue weighted by Crippen LogP contribution is 2.51. The average molecular weight is 549 g/mol. The minimum atomic E-state index is -0.656. The Balaban J connectivity index is 1.60. The Labute approximate surface area is 244 Å². The van der Waals surface area contributed by atoms with Crippen molar-refractivity contribution in [3.63, 3.8) is 0 Å². The van der Waals surface area contributed by atoms with Gasteiger partial charge in [-0.1, -0.05) is 103 Å². The van der Waals surface area contributed by atoms with E-state index >= 15 is 0 Å². The molecule has 0 unspecified atom stereocenters. The zero-order chi connectivity index (χ0) is 28.8. The molecule has 7 rings (SSSR count). The maximum absolute atomic E-state index is 14.2. The van der Waals surface area contributed by atoms with E-state index in [-0.39, 0.29) is 5.78 Å². The van der Waals surface area contributed by atoms with Crippen LogP contribution in [0.2, 0.25) is 0 Å². The lowest BCUT2D eigenvalue weighted by Gasteiger charge is -2.29. The summed E-state index contributed by atoms with van der Waals surface area (Å²) in [7, 11) is 1.39. The van der Waals surface area contributed by atoms with Crippen LogP contribution in [0.4, 0.5) is 0 Å². The summed E-state index contributed by atoms with van der Waals surface area (Å²) in [6.45, 7) is 1.88. The van der Waals surface area contributed by atoms with Crippen molar-refractivity contribution in [3.8, 4) is 28.2 Å². The molecule has 0 saturated carbocycles. The third-order valence-electron chi connectivity index (χ3n) is 8.13. The Hall–Kier alpha value is -5.42. The Bertz CT molecular complexity index is 1920. The predicted octanol–water partition coefficient (Wildman–Crippen LogP) is 7.55. The molecular weight excluding hydrogens is 520 g/mol. The molecule has 1 aromatic heterocycles. The first-order valence-electron chi connectivity index (χ1n) is 13.9. The highest BCUT2D eigenvalue weighted by molar-refractivity contribution is 6.23. The monoisotopic (exact) mass is 548 g/mol. The highest BCUT2D eigenvalue weighted by Gasteiger charge is 2.44. The number of nitrogens with zero attached hydrogens (tertiary/aromatic N) is 1. The second-order valence-corrected chi connectivity index (χ2v) is 10.5. The second-order valence-electron chi connectivity index (χ2n) is 10.5. The lowest BCUT2D eigenvalue weighted by Crippen LogP contribution is -2.29. The van der Waals surface area contributed by atoms with Crippen LogP contribution in [0.5, 0.6) is 0 Å². The molecule has 0 spiro atoms. The van der Waals surface area contributed by atoms with E-state index in [0.717, 1.165) is 45.0 Å². The summed E-state index contributed by atoms with van der Waals surface area (Å²) < 4.78 is 7.58. The first kappa shape index (κ1) is 25.5. The van der Waals surface area contributed by atoms with Gasteiger partial charge in [-0.15, -0.1) is 0 Å². The van der Waals surface area contributed by atoms with E-state index in [0.29, 0.717) is 22.4 Å². The fourth-order valence-electron chi connectivity index (χ4n) is 6.33. The smallest absolute Gasteiger partial charge is 0.336 e. The SMILES string of the molecule is COC(=O)C1=C(C)NC2=C(C(=O)c3ccccc32)[C@@H]1c1cc(-c2ccccc2)n(-c2ccccc2)c1-c1ccccc1. The van der Waals surface area contributed by atoms with Gasteiger partial charge >= 0.3 is 5.97 Å². The molecule has 204 valence electrons. The lowest BCUT2D eigenvalue weighted by molar-refractivity contribution is -0.136. The van der Waals surface area contributed by atoms with Gasteiger partial charge in [0.1, 0.15) is 0 Å².